The van der Waals surface area contributed by atoms with Crippen molar-refractivity contribution in [2.24, 2.45) is 0 Å². The van der Waals surface area contributed by atoms with E-state index in [-0.39, 0.29) is 0 Å². The van der Waals surface area contributed by atoms with Crippen LogP contribution < -0.4 is 0 Å². The average Bonchev–Trinajstić information content (AvgIpc) is 2.85. The van der Waals surface area contributed by atoms with Crippen LogP contribution in [0, 0.1) is 0 Å². The van der Waals surface area contributed by atoms with Gasteiger partial charge in [-0.3, -0.25) is 0 Å². The van der Waals surface area contributed by atoms with Crippen molar-refractivity contribution in [1.82, 2.24) is 0 Å². The van der Waals surface area contributed by atoms with E-state index in [9.17, 15) is 10.2 Å². The zero-order valence-corrected chi connectivity index (χ0v) is 28.4. The third kappa shape index (κ3) is 27.2. The van der Waals surface area contributed by atoms with Crippen molar-refractivity contribution >= 4 is 0 Å². The molecule has 0 amide bonds. The Morgan fingerprint density at radius 2 is 0.690 bits per heavy atom. The molecule has 0 saturated heterocycles. The first kappa shape index (κ1) is 39.1. The highest BCUT2D eigenvalue weighted by atomic mass is 16.3. The Kier molecular flexibility index (Phi) is 20.2. The molecule has 0 aliphatic carbocycles. The van der Waals surface area contributed by atoms with Crippen LogP contribution in [-0.4, -0.2) is 21.4 Å². The minimum atomic E-state index is -0.579. The van der Waals surface area contributed by atoms with Crippen LogP contribution in [0.2, 0.25) is 0 Å². The van der Waals surface area contributed by atoms with Gasteiger partial charge in [0.2, 0.25) is 0 Å². The summed E-state index contributed by atoms with van der Waals surface area (Å²) in [6, 6.07) is 0. The summed E-state index contributed by atoms with van der Waals surface area (Å²) >= 11 is 0. The van der Waals surface area contributed by atoms with Gasteiger partial charge in [-0.2, -0.15) is 0 Å². The maximum Gasteiger partial charge on any atom is 0.0591 e. The van der Waals surface area contributed by atoms with Gasteiger partial charge >= 0.3 is 0 Å². The van der Waals surface area contributed by atoms with Gasteiger partial charge in [0.15, 0.2) is 0 Å². The van der Waals surface area contributed by atoms with Crippen LogP contribution in [0.3, 0.4) is 0 Å². The summed E-state index contributed by atoms with van der Waals surface area (Å²) in [4.78, 5) is 0. The second-order valence-electron chi connectivity index (χ2n) is 12.8. The zero-order chi connectivity index (χ0) is 32.0. The molecule has 0 aromatic heterocycles. The lowest BCUT2D eigenvalue weighted by atomic mass is 9.99. The van der Waals surface area contributed by atoms with Crippen molar-refractivity contribution in [1.29, 1.82) is 0 Å². The van der Waals surface area contributed by atoms with E-state index in [1.807, 2.05) is 27.7 Å². The van der Waals surface area contributed by atoms with E-state index >= 15 is 0 Å². The van der Waals surface area contributed by atoms with E-state index < -0.39 is 11.2 Å². The van der Waals surface area contributed by atoms with Gasteiger partial charge in [0.05, 0.1) is 11.2 Å². The van der Waals surface area contributed by atoms with Gasteiger partial charge in [-0.15, -0.1) is 0 Å². The molecule has 2 N–H and O–H groups in total. The van der Waals surface area contributed by atoms with Gasteiger partial charge in [0.25, 0.3) is 0 Å². The molecular formula is C40H60O2. The first-order valence-corrected chi connectivity index (χ1v) is 15.4. The molecule has 0 aromatic rings. The van der Waals surface area contributed by atoms with E-state index in [0.717, 1.165) is 38.5 Å². The molecule has 0 bridgehead atoms. The standard InChI is InChI=1S/C40H60O2/c1-33(21-13-23-35(3)25-15-27-37(5)29-17-31-39(7,8)41)19-11-12-20-34(2)22-14-24-36(4)26-16-28-38(6)30-18-32-40(9,10)42/h11-16,19-28,41-42H,17-18,29-32H2,1-10H3. The van der Waals surface area contributed by atoms with Crippen molar-refractivity contribution in [3.05, 3.63) is 131 Å². The van der Waals surface area contributed by atoms with E-state index in [4.69, 9.17) is 0 Å². The lowest BCUT2D eigenvalue weighted by Crippen LogP contribution is -2.17. The molecular weight excluding hydrogens is 512 g/mol. The molecule has 0 aliphatic rings. The fourth-order valence-electron chi connectivity index (χ4n) is 3.83. The largest absolute Gasteiger partial charge is 0.390 e. The summed E-state index contributed by atoms with van der Waals surface area (Å²) in [5.74, 6) is 0. The van der Waals surface area contributed by atoms with Crippen molar-refractivity contribution in [2.75, 3.05) is 0 Å². The highest BCUT2D eigenvalue weighted by Crippen LogP contribution is 2.16. The van der Waals surface area contributed by atoms with Gasteiger partial charge in [-0.25, -0.2) is 0 Å². The van der Waals surface area contributed by atoms with E-state index in [0.29, 0.717) is 0 Å². The molecule has 0 atom stereocenters. The third-order valence-corrected chi connectivity index (χ3v) is 6.46. The summed E-state index contributed by atoms with van der Waals surface area (Å²) < 4.78 is 0. The summed E-state index contributed by atoms with van der Waals surface area (Å²) in [6.45, 7) is 20.2. The highest BCUT2D eigenvalue weighted by Gasteiger charge is 2.11. The number of allylic oxidation sites excluding steroid dienone is 22. The van der Waals surface area contributed by atoms with Crippen LogP contribution in [0.4, 0.5) is 0 Å². The van der Waals surface area contributed by atoms with E-state index in [2.05, 4.69) is 139 Å². The van der Waals surface area contributed by atoms with E-state index in [1.54, 1.807) is 0 Å². The van der Waals surface area contributed by atoms with Crippen LogP contribution >= 0.6 is 0 Å². The Labute approximate surface area is 259 Å². The molecule has 2 heteroatoms. The Hall–Kier alpha value is -2.94. The van der Waals surface area contributed by atoms with Gasteiger partial charge in [0.1, 0.15) is 0 Å². The quantitative estimate of drug-likeness (QED) is 0.160. The SMILES string of the molecule is CC(C=CC=C(C)C=CC=C(C)CCCC(C)(C)O)=CC=CC=C(C)C=CC=C(C)C=CC=C(C)CCCC(C)(C)O. The number of rotatable bonds is 18. The molecule has 232 valence electrons. The van der Waals surface area contributed by atoms with Crippen molar-refractivity contribution in [2.45, 2.75) is 119 Å². The van der Waals surface area contributed by atoms with Crippen LogP contribution in [0.25, 0.3) is 0 Å². The second-order valence-corrected chi connectivity index (χ2v) is 12.8. The Balaban J connectivity index is 4.67. The first-order valence-electron chi connectivity index (χ1n) is 15.4. The van der Waals surface area contributed by atoms with Gasteiger partial charge in [0, 0.05) is 0 Å². The average molecular weight is 573 g/mol. The maximum atomic E-state index is 9.82. The second kappa shape index (κ2) is 21.7. The van der Waals surface area contributed by atoms with Gasteiger partial charge in [-0.05, 0) is 108 Å². The molecule has 2 nitrogen and oxygen atoms in total. The molecule has 0 rings (SSSR count). The Bertz CT molecular complexity index is 1030. The van der Waals surface area contributed by atoms with Crippen LogP contribution in [0.15, 0.2) is 131 Å². The van der Waals surface area contributed by atoms with Gasteiger partial charge in [-0.1, -0.05) is 131 Å². The van der Waals surface area contributed by atoms with Crippen LogP contribution in [0.1, 0.15) is 108 Å². The summed E-state index contributed by atoms with van der Waals surface area (Å²) in [5, 5.41) is 19.6. The lowest BCUT2D eigenvalue weighted by Gasteiger charge is -2.16. The Morgan fingerprint density at radius 1 is 0.429 bits per heavy atom. The fraction of sp³-hybridized carbons (Fsp3) is 0.450. The molecule has 0 fully saturated rings. The highest BCUT2D eigenvalue weighted by molar-refractivity contribution is 5.32. The monoisotopic (exact) mass is 572 g/mol. The van der Waals surface area contributed by atoms with Crippen molar-refractivity contribution < 1.29 is 10.2 Å². The Morgan fingerprint density at radius 3 is 0.976 bits per heavy atom. The van der Waals surface area contributed by atoms with Crippen molar-refractivity contribution in [3.8, 4) is 0 Å². The minimum Gasteiger partial charge on any atom is -0.390 e. The smallest absolute Gasteiger partial charge is 0.0591 e. The number of hydrogen-bond donors (Lipinski definition) is 2. The topological polar surface area (TPSA) is 40.5 Å². The van der Waals surface area contributed by atoms with Gasteiger partial charge < -0.3 is 10.2 Å². The zero-order valence-electron chi connectivity index (χ0n) is 28.4. The van der Waals surface area contributed by atoms with Crippen LogP contribution in [-0.2, 0) is 0 Å². The molecule has 0 aromatic carbocycles. The predicted molar refractivity (Wildman–Crippen MR) is 189 cm³/mol. The minimum absolute atomic E-state index is 0.579. The lowest BCUT2D eigenvalue weighted by molar-refractivity contribution is 0.0683. The summed E-state index contributed by atoms with van der Waals surface area (Å²) in [5.41, 5.74) is 6.28. The molecule has 0 unspecified atom stereocenters. The molecule has 42 heavy (non-hydrogen) atoms. The maximum absolute atomic E-state index is 9.82. The molecule has 0 aliphatic heterocycles. The summed E-state index contributed by atoms with van der Waals surface area (Å²) in [6.07, 6.45) is 39.4. The molecule has 0 radical (unpaired) electrons. The van der Waals surface area contributed by atoms with E-state index in [1.165, 1.54) is 33.4 Å². The normalized spacial score (nSPS) is 16.1. The van der Waals surface area contributed by atoms with Crippen LogP contribution in [0.5, 0.6) is 0 Å². The first-order chi connectivity index (χ1) is 19.6. The third-order valence-electron chi connectivity index (χ3n) is 6.46. The molecule has 0 heterocycles. The predicted octanol–water partition coefficient (Wildman–Crippen LogP) is 11.3. The molecule has 0 saturated carbocycles. The molecule has 0 spiro atoms. The van der Waals surface area contributed by atoms with Crippen molar-refractivity contribution in [3.63, 3.8) is 0 Å². The summed E-state index contributed by atoms with van der Waals surface area (Å²) in [7, 11) is 0. The fourth-order valence-corrected chi connectivity index (χ4v) is 3.83. The number of hydrogen-bond acceptors (Lipinski definition) is 2. The number of aliphatic hydroxyl groups is 2.